The molecule has 0 spiro atoms. The van der Waals surface area contributed by atoms with Crippen LogP contribution in [0, 0.1) is 0 Å². The molecule has 0 atom stereocenters. The van der Waals surface area contributed by atoms with E-state index in [0.717, 1.165) is 83.0 Å². The first-order valence-corrected chi connectivity index (χ1v) is 18.6. The lowest BCUT2D eigenvalue weighted by Crippen LogP contribution is -1.97. The quantitative estimate of drug-likeness (QED) is 0.183. The van der Waals surface area contributed by atoms with E-state index in [-0.39, 0.29) is 0 Å². The van der Waals surface area contributed by atoms with Gasteiger partial charge in [0.15, 0.2) is 5.82 Å². The van der Waals surface area contributed by atoms with Gasteiger partial charge in [0.05, 0.1) is 38.7 Å². The molecule has 4 aromatic heterocycles. The molecule has 0 saturated carbocycles. The molecule has 0 aliphatic rings. The fourth-order valence-corrected chi connectivity index (χ4v) is 8.74. The summed E-state index contributed by atoms with van der Waals surface area (Å²) in [6, 6.07) is 64.0. The van der Waals surface area contributed by atoms with Crippen LogP contribution in [0.5, 0.6) is 0 Å². The Bertz CT molecular complexity index is 3470. The van der Waals surface area contributed by atoms with Crippen LogP contribution in [0.15, 0.2) is 186 Å². The summed E-state index contributed by atoms with van der Waals surface area (Å²) in [6.45, 7) is 0. The fraction of sp³-hybridized carbons (Fsp3) is 0. The van der Waals surface area contributed by atoms with E-state index in [1.165, 1.54) is 21.7 Å². The number of nitrogens with zero attached hydrogens (tertiary/aromatic N) is 4. The number of furan rings is 1. The maximum Gasteiger partial charge on any atom is 0.160 e. The van der Waals surface area contributed by atoms with Gasteiger partial charge in [0, 0.05) is 54.8 Å². The monoisotopic (exact) mass is 702 g/mol. The Morgan fingerprint density at radius 2 is 0.964 bits per heavy atom. The zero-order valence-corrected chi connectivity index (χ0v) is 29.5. The fourth-order valence-electron chi connectivity index (χ4n) is 8.74. The topological polar surface area (TPSA) is 48.8 Å². The normalized spacial score (nSPS) is 12.0. The zero-order chi connectivity index (χ0) is 36.0. The summed E-state index contributed by atoms with van der Waals surface area (Å²) in [5.74, 6) is 0.700. The van der Waals surface area contributed by atoms with Gasteiger partial charge in [0.25, 0.3) is 0 Å². The van der Waals surface area contributed by atoms with Crippen LogP contribution in [0.2, 0.25) is 0 Å². The van der Waals surface area contributed by atoms with Gasteiger partial charge in [-0.1, -0.05) is 103 Å². The molecule has 0 fully saturated rings. The Hall–Kier alpha value is -7.50. The second-order valence-electron chi connectivity index (χ2n) is 14.1. The number of aromatic nitrogens is 4. The smallest absolute Gasteiger partial charge is 0.160 e. The van der Waals surface area contributed by atoms with Gasteiger partial charge in [0.1, 0.15) is 11.2 Å². The molecule has 12 aromatic rings. The van der Waals surface area contributed by atoms with E-state index in [9.17, 15) is 0 Å². The van der Waals surface area contributed by atoms with Crippen molar-refractivity contribution in [1.82, 2.24) is 19.1 Å². The van der Waals surface area contributed by atoms with Crippen molar-refractivity contribution in [3.63, 3.8) is 0 Å². The molecule has 0 aliphatic carbocycles. The van der Waals surface area contributed by atoms with Gasteiger partial charge in [-0.25, -0.2) is 9.97 Å². The van der Waals surface area contributed by atoms with Gasteiger partial charge in [0.2, 0.25) is 0 Å². The Morgan fingerprint density at radius 1 is 0.364 bits per heavy atom. The van der Waals surface area contributed by atoms with Crippen molar-refractivity contribution in [2.45, 2.75) is 0 Å². The molecule has 12 rings (SSSR count). The molecular weight excluding hydrogens is 673 g/mol. The summed E-state index contributed by atoms with van der Waals surface area (Å²) >= 11 is 0. The summed E-state index contributed by atoms with van der Waals surface area (Å²) in [4.78, 5) is 10.2. The van der Waals surface area contributed by atoms with Crippen molar-refractivity contribution in [1.29, 1.82) is 0 Å². The minimum Gasteiger partial charge on any atom is -0.455 e. The number of hydrogen-bond acceptors (Lipinski definition) is 3. The largest absolute Gasteiger partial charge is 0.455 e. The van der Waals surface area contributed by atoms with Crippen LogP contribution in [0.3, 0.4) is 0 Å². The summed E-state index contributed by atoms with van der Waals surface area (Å²) < 4.78 is 11.6. The molecular formula is C50H30N4O. The van der Waals surface area contributed by atoms with E-state index in [4.69, 9.17) is 14.4 Å². The highest BCUT2D eigenvalue weighted by Crippen LogP contribution is 2.46. The Morgan fingerprint density at radius 3 is 1.78 bits per heavy atom. The van der Waals surface area contributed by atoms with Crippen LogP contribution in [-0.2, 0) is 0 Å². The molecule has 0 bridgehead atoms. The third-order valence-electron chi connectivity index (χ3n) is 11.1. The first-order valence-electron chi connectivity index (χ1n) is 18.6. The molecule has 8 aromatic carbocycles. The highest BCUT2D eigenvalue weighted by atomic mass is 16.3. The van der Waals surface area contributed by atoms with E-state index in [1.54, 1.807) is 0 Å². The number of para-hydroxylation sites is 4. The summed E-state index contributed by atoms with van der Waals surface area (Å²) in [5.41, 5.74) is 12.4. The van der Waals surface area contributed by atoms with E-state index < -0.39 is 0 Å². The van der Waals surface area contributed by atoms with Crippen molar-refractivity contribution in [2.24, 2.45) is 0 Å². The molecule has 4 heterocycles. The number of hydrogen-bond donors (Lipinski definition) is 0. The van der Waals surface area contributed by atoms with Crippen molar-refractivity contribution < 1.29 is 4.42 Å². The number of rotatable bonds is 4. The predicted molar refractivity (Wildman–Crippen MR) is 226 cm³/mol. The second-order valence-corrected chi connectivity index (χ2v) is 14.1. The highest BCUT2D eigenvalue weighted by Gasteiger charge is 2.24. The van der Waals surface area contributed by atoms with Crippen LogP contribution < -0.4 is 0 Å². The third kappa shape index (κ3) is 4.35. The molecule has 55 heavy (non-hydrogen) atoms. The van der Waals surface area contributed by atoms with Gasteiger partial charge in [-0.3, -0.25) is 0 Å². The van der Waals surface area contributed by atoms with E-state index in [1.807, 2.05) is 24.3 Å². The van der Waals surface area contributed by atoms with Gasteiger partial charge in [-0.15, -0.1) is 0 Å². The molecule has 5 nitrogen and oxygen atoms in total. The van der Waals surface area contributed by atoms with Crippen LogP contribution in [-0.4, -0.2) is 19.1 Å². The standard InChI is InChI=1S/C50H30N4O/c1-3-13-31(14-4-1)48-37-18-7-10-20-39(37)51-50(52-48)32-23-25-34(26-24-32)54-42-30-29-41-45(38-19-8-11-21-40(38)53(41)33-15-5-2-6-16-33)46(42)47-43(54)28-27-36-35-17-9-12-22-44(35)55-49(36)47/h1-30H. The Labute approximate surface area is 315 Å². The summed E-state index contributed by atoms with van der Waals surface area (Å²) in [7, 11) is 0. The number of benzene rings is 8. The molecule has 0 radical (unpaired) electrons. The molecule has 0 N–H and O–H groups in total. The Balaban J connectivity index is 1.14. The average Bonchev–Trinajstić information content (AvgIpc) is 3.91. The Kier molecular flexibility index (Phi) is 6.27. The predicted octanol–water partition coefficient (Wildman–Crippen LogP) is 13.1. The average molecular weight is 703 g/mol. The molecule has 0 unspecified atom stereocenters. The lowest BCUT2D eigenvalue weighted by molar-refractivity contribution is 0.673. The summed E-state index contributed by atoms with van der Waals surface area (Å²) in [5, 5.41) is 7.98. The number of fused-ring (bicyclic) bond motifs is 12. The molecule has 0 saturated heterocycles. The van der Waals surface area contributed by atoms with Gasteiger partial charge >= 0.3 is 0 Å². The molecule has 0 amide bonds. The van der Waals surface area contributed by atoms with Crippen molar-refractivity contribution in [3.05, 3.63) is 182 Å². The van der Waals surface area contributed by atoms with E-state index >= 15 is 0 Å². The summed E-state index contributed by atoms with van der Waals surface area (Å²) in [6.07, 6.45) is 0. The van der Waals surface area contributed by atoms with Crippen LogP contribution in [0.4, 0.5) is 0 Å². The van der Waals surface area contributed by atoms with Crippen molar-refractivity contribution in [2.75, 3.05) is 0 Å². The second kappa shape index (κ2) is 11.5. The minimum absolute atomic E-state index is 0.700. The SMILES string of the molecule is c1ccc(-c2nc(-c3ccc(-n4c5ccc6c7ccccc7oc6c5c5c6c7ccccc7n(-c7ccccc7)c6ccc54)cc3)nc3ccccc23)cc1. The van der Waals surface area contributed by atoms with Crippen LogP contribution in [0.25, 0.3) is 110 Å². The lowest BCUT2D eigenvalue weighted by Gasteiger charge is -2.11. The minimum atomic E-state index is 0.700. The first kappa shape index (κ1) is 30.0. The molecule has 0 aliphatic heterocycles. The molecule has 256 valence electrons. The third-order valence-corrected chi connectivity index (χ3v) is 11.1. The van der Waals surface area contributed by atoms with Crippen molar-refractivity contribution >= 4 is 76.5 Å². The zero-order valence-electron chi connectivity index (χ0n) is 29.5. The van der Waals surface area contributed by atoms with Gasteiger partial charge < -0.3 is 13.6 Å². The maximum absolute atomic E-state index is 6.80. The molecule has 5 heteroatoms. The van der Waals surface area contributed by atoms with E-state index in [2.05, 4.69) is 167 Å². The van der Waals surface area contributed by atoms with E-state index in [0.29, 0.717) is 5.82 Å². The lowest BCUT2D eigenvalue weighted by atomic mass is 10.0. The van der Waals surface area contributed by atoms with Gasteiger partial charge in [-0.2, -0.15) is 0 Å². The maximum atomic E-state index is 6.80. The van der Waals surface area contributed by atoms with Crippen molar-refractivity contribution in [3.8, 4) is 34.0 Å². The highest BCUT2D eigenvalue weighted by molar-refractivity contribution is 6.34. The van der Waals surface area contributed by atoms with Crippen LogP contribution >= 0.6 is 0 Å². The van der Waals surface area contributed by atoms with Gasteiger partial charge in [-0.05, 0) is 78.9 Å². The first-order chi connectivity index (χ1) is 27.3. The van der Waals surface area contributed by atoms with Crippen LogP contribution in [0.1, 0.15) is 0 Å².